The molecule has 3 aliphatic rings. The van der Waals surface area contributed by atoms with Crippen LogP contribution in [0.4, 0.5) is 17.6 Å². The third kappa shape index (κ3) is 5.28. The van der Waals surface area contributed by atoms with E-state index in [4.69, 9.17) is 16.3 Å². The van der Waals surface area contributed by atoms with Crippen molar-refractivity contribution in [2.45, 2.75) is 56.0 Å². The smallest absolute Gasteiger partial charge is 0.418 e. The van der Waals surface area contributed by atoms with Crippen molar-refractivity contribution < 1.29 is 35.5 Å². The maximum atomic E-state index is 14.9. The van der Waals surface area contributed by atoms with Crippen LogP contribution in [0.5, 0.6) is 5.75 Å². The summed E-state index contributed by atoms with van der Waals surface area (Å²) in [6, 6.07) is 2.79. The lowest BCUT2D eigenvalue weighted by molar-refractivity contribution is -0.139. The van der Waals surface area contributed by atoms with E-state index in [9.17, 15) is 30.8 Å². The van der Waals surface area contributed by atoms with Crippen LogP contribution in [0.3, 0.4) is 0 Å². The van der Waals surface area contributed by atoms with Crippen molar-refractivity contribution in [1.82, 2.24) is 15.0 Å². The lowest BCUT2D eigenvalue weighted by Crippen LogP contribution is -2.57. The number of carbonyl (C=O) groups is 1. The Kier molecular flexibility index (Phi) is 6.43. The third-order valence-electron chi connectivity index (χ3n) is 7.04. The highest BCUT2D eigenvalue weighted by molar-refractivity contribution is 7.91. The second-order valence-corrected chi connectivity index (χ2v) is 12.5. The molecule has 2 N–H and O–H groups in total. The van der Waals surface area contributed by atoms with Gasteiger partial charge in [-0.15, -0.1) is 0 Å². The molecular formula is C24H24ClF4N3O4S. The van der Waals surface area contributed by atoms with E-state index in [2.05, 4.69) is 10.3 Å². The molecular weight excluding hydrogens is 538 g/mol. The minimum absolute atomic E-state index is 0.0149. The number of hydrogen-bond acceptors (Lipinski definition) is 6. The fourth-order valence-electron chi connectivity index (χ4n) is 4.56. The van der Waals surface area contributed by atoms with Crippen molar-refractivity contribution in [3.63, 3.8) is 0 Å². The molecule has 200 valence electrons. The number of benzene rings is 1. The van der Waals surface area contributed by atoms with Crippen molar-refractivity contribution in [3.05, 3.63) is 57.6 Å². The van der Waals surface area contributed by atoms with Gasteiger partial charge in [0.05, 0.1) is 23.0 Å². The third-order valence-corrected chi connectivity index (χ3v) is 9.07. The van der Waals surface area contributed by atoms with Gasteiger partial charge in [0.1, 0.15) is 16.7 Å². The molecule has 1 saturated heterocycles. The first-order chi connectivity index (χ1) is 17.3. The second kappa shape index (κ2) is 9.09. The van der Waals surface area contributed by atoms with E-state index in [-0.39, 0.29) is 29.0 Å². The number of amides is 1. The van der Waals surface area contributed by atoms with E-state index in [0.29, 0.717) is 31.1 Å². The van der Waals surface area contributed by atoms with E-state index in [1.165, 1.54) is 12.1 Å². The zero-order valence-electron chi connectivity index (χ0n) is 19.7. The van der Waals surface area contributed by atoms with Crippen LogP contribution in [0.25, 0.3) is 0 Å². The summed E-state index contributed by atoms with van der Waals surface area (Å²) in [5, 5.41) is 2.29. The molecule has 2 saturated carbocycles. The Morgan fingerprint density at radius 3 is 2.49 bits per heavy atom. The molecule has 0 bridgehead atoms. The normalized spacial score (nSPS) is 23.9. The molecule has 0 radical (unpaired) electrons. The molecule has 13 heteroatoms. The molecule has 3 fully saturated rings. The number of pyridine rings is 1. The number of alkyl halides is 3. The highest BCUT2D eigenvalue weighted by Gasteiger charge is 2.48. The zero-order valence-corrected chi connectivity index (χ0v) is 21.2. The topological polar surface area (TPSA) is 97.4 Å². The van der Waals surface area contributed by atoms with Gasteiger partial charge in [-0.05, 0) is 54.9 Å². The zero-order chi connectivity index (χ0) is 26.8. The minimum Gasteiger partial charge on any atom is -0.492 e. The maximum Gasteiger partial charge on any atom is 0.418 e. The quantitative estimate of drug-likeness (QED) is 0.357. The first-order valence-electron chi connectivity index (χ1n) is 11.8. The van der Waals surface area contributed by atoms with E-state index in [0.717, 1.165) is 18.9 Å². The molecule has 2 aliphatic carbocycles. The van der Waals surface area contributed by atoms with Crippen LogP contribution in [-0.4, -0.2) is 37.7 Å². The van der Waals surface area contributed by atoms with Crippen LogP contribution in [0, 0.1) is 11.2 Å². The van der Waals surface area contributed by atoms with Gasteiger partial charge >= 0.3 is 6.18 Å². The molecule has 37 heavy (non-hydrogen) atoms. The fourth-order valence-corrected chi connectivity index (χ4v) is 6.02. The van der Waals surface area contributed by atoms with Gasteiger partial charge in [0.2, 0.25) is 10.0 Å². The summed E-state index contributed by atoms with van der Waals surface area (Å²) in [4.78, 5) is 16.1. The summed E-state index contributed by atoms with van der Waals surface area (Å²) < 4.78 is 87.9. The highest BCUT2D eigenvalue weighted by Crippen LogP contribution is 2.48. The van der Waals surface area contributed by atoms with Gasteiger partial charge in [0, 0.05) is 30.3 Å². The Labute approximate surface area is 216 Å². The van der Waals surface area contributed by atoms with Crippen molar-refractivity contribution in [2.24, 2.45) is 5.41 Å². The van der Waals surface area contributed by atoms with E-state index < -0.39 is 55.8 Å². The van der Waals surface area contributed by atoms with E-state index in [1.54, 1.807) is 6.92 Å². The molecule has 2 heterocycles. The standard InChI is InChI=1S/C24H24ClF4N3O4S/c1-23(10-31-21(23)15-7-20(25)30-9-17(15)24(27,28)29)11-36-19-8-18(26)16(6-14(19)12-2-3-12)22(33)32-37(34,35)13-4-5-13/h6-9,12-13,21,31H,2-5,10-11H2,1H3,(H,32,33). The van der Waals surface area contributed by atoms with Crippen LogP contribution in [0.15, 0.2) is 24.4 Å². The lowest BCUT2D eigenvalue weighted by atomic mass is 9.72. The average Bonchev–Trinajstić information content (AvgIpc) is 3.68. The van der Waals surface area contributed by atoms with Crippen LogP contribution < -0.4 is 14.8 Å². The molecule has 2 aromatic rings. The summed E-state index contributed by atoms with van der Waals surface area (Å²) in [5.41, 5.74) is -1.57. The monoisotopic (exact) mass is 561 g/mol. The molecule has 1 aromatic heterocycles. The van der Waals surface area contributed by atoms with Crippen LogP contribution in [0.2, 0.25) is 5.15 Å². The predicted octanol–water partition coefficient (Wildman–Crippen LogP) is 4.72. The molecule has 0 spiro atoms. The molecule has 2 unspecified atom stereocenters. The Bertz CT molecular complexity index is 1360. The summed E-state index contributed by atoms with van der Waals surface area (Å²) in [5.74, 6) is -1.79. The number of hydrogen-bond donors (Lipinski definition) is 2. The number of ether oxygens (including phenoxy) is 1. The maximum absolute atomic E-state index is 14.9. The van der Waals surface area contributed by atoms with Gasteiger partial charge in [-0.1, -0.05) is 18.5 Å². The van der Waals surface area contributed by atoms with Crippen LogP contribution in [0.1, 0.15) is 71.6 Å². The Morgan fingerprint density at radius 2 is 1.92 bits per heavy atom. The number of aromatic nitrogens is 1. The van der Waals surface area contributed by atoms with E-state index >= 15 is 0 Å². The number of nitrogens with one attached hydrogen (secondary N) is 2. The molecule has 5 rings (SSSR count). The van der Waals surface area contributed by atoms with Crippen molar-refractivity contribution in [3.8, 4) is 5.75 Å². The Balaban J connectivity index is 1.37. The SMILES string of the molecule is CC1(COc2cc(F)c(C(=O)NS(=O)(=O)C3CC3)cc2C2CC2)CNC1c1cc(Cl)ncc1C(F)(F)F. The Hall–Kier alpha value is -2.44. The molecule has 7 nitrogen and oxygen atoms in total. The first-order valence-corrected chi connectivity index (χ1v) is 13.7. The second-order valence-electron chi connectivity index (χ2n) is 10.2. The number of rotatable bonds is 8. The van der Waals surface area contributed by atoms with Crippen molar-refractivity contribution >= 4 is 27.5 Å². The van der Waals surface area contributed by atoms with Gasteiger partial charge in [0.25, 0.3) is 5.91 Å². The summed E-state index contributed by atoms with van der Waals surface area (Å²) >= 11 is 5.89. The number of carbonyl (C=O) groups excluding carboxylic acids is 1. The summed E-state index contributed by atoms with van der Waals surface area (Å²) in [6.07, 6.45) is -1.44. The highest BCUT2D eigenvalue weighted by atomic mass is 35.5. The predicted molar refractivity (Wildman–Crippen MR) is 126 cm³/mol. The summed E-state index contributed by atoms with van der Waals surface area (Å²) in [6.45, 7) is 2.05. The number of sulfonamides is 1. The molecule has 1 aromatic carbocycles. The number of nitrogens with zero attached hydrogens (tertiary/aromatic N) is 1. The van der Waals surface area contributed by atoms with E-state index in [1.807, 2.05) is 4.72 Å². The minimum atomic E-state index is -4.63. The van der Waals surface area contributed by atoms with Gasteiger partial charge in [-0.2, -0.15) is 13.2 Å². The molecule has 2 atom stereocenters. The van der Waals surface area contributed by atoms with Gasteiger partial charge in [-0.25, -0.2) is 22.5 Å². The summed E-state index contributed by atoms with van der Waals surface area (Å²) in [7, 11) is -3.85. The van der Waals surface area contributed by atoms with Crippen LogP contribution >= 0.6 is 11.6 Å². The van der Waals surface area contributed by atoms with Gasteiger partial charge in [0.15, 0.2) is 0 Å². The Morgan fingerprint density at radius 1 is 1.22 bits per heavy atom. The van der Waals surface area contributed by atoms with Crippen LogP contribution in [-0.2, 0) is 16.2 Å². The molecule has 1 aliphatic heterocycles. The first kappa shape index (κ1) is 26.2. The fraction of sp³-hybridized carbons (Fsp3) is 0.500. The largest absolute Gasteiger partial charge is 0.492 e. The lowest BCUT2D eigenvalue weighted by Gasteiger charge is -2.48. The average molecular weight is 562 g/mol. The molecule has 1 amide bonds. The van der Waals surface area contributed by atoms with Gasteiger partial charge in [-0.3, -0.25) is 4.79 Å². The van der Waals surface area contributed by atoms with Gasteiger partial charge < -0.3 is 10.1 Å². The van der Waals surface area contributed by atoms with Crippen molar-refractivity contribution in [1.29, 1.82) is 0 Å². The number of halogens is 5. The van der Waals surface area contributed by atoms with Crippen molar-refractivity contribution in [2.75, 3.05) is 13.2 Å².